The summed E-state index contributed by atoms with van der Waals surface area (Å²) >= 11 is 2.62. The van der Waals surface area contributed by atoms with Crippen molar-refractivity contribution in [1.29, 1.82) is 0 Å². The second-order valence-corrected chi connectivity index (χ2v) is 6.81. The van der Waals surface area contributed by atoms with Crippen LogP contribution < -0.4 is 0 Å². The van der Waals surface area contributed by atoms with E-state index in [1.54, 1.807) is 7.11 Å². The molecule has 0 aromatic rings. The van der Waals surface area contributed by atoms with E-state index in [1.165, 1.54) is 44.9 Å². The molecule has 0 spiro atoms. The van der Waals surface area contributed by atoms with Gasteiger partial charge in [-0.15, -0.1) is 0 Å². The molecule has 0 radical (unpaired) electrons. The van der Waals surface area contributed by atoms with Gasteiger partial charge in [-0.2, -0.15) is 0 Å². The van der Waals surface area contributed by atoms with Crippen molar-refractivity contribution in [3.63, 3.8) is 0 Å². The van der Waals surface area contributed by atoms with Crippen molar-refractivity contribution in [3.8, 4) is 0 Å². The zero-order valence-corrected chi connectivity index (χ0v) is 11.7. The van der Waals surface area contributed by atoms with Gasteiger partial charge >= 0.3 is 0 Å². The molecule has 2 nitrogen and oxygen atoms in total. The zero-order valence-electron chi connectivity index (χ0n) is 9.51. The first-order chi connectivity index (χ1) is 7.27. The quantitative estimate of drug-likeness (QED) is 0.571. The van der Waals surface area contributed by atoms with Crippen LogP contribution in [0.5, 0.6) is 0 Å². The summed E-state index contributed by atoms with van der Waals surface area (Å²) in [6, 6.07) is 0. The monoisotopic (exact) mass is 324 g/mol. The average molecular weight is 324 g/mol. The van der Waals surface area contributed by atoms with E-state index in [-0.39, 0.29) is 9.71 Å². The maximum atomic E-state index is 5.77. The van der Waals surface area contributed by atoms with Gasteiger partial charge in [-0.1, -0.05) is 41.9 Å². The van der Waals surface area contributed by atoms with Crippen molar-refractivity contribution in [2.45, 2.75) is 54.7 Å². The van der Waals surface area contributed by atoms with Crippen LogP contribution in [0.25, 0.3) is 0 Å². The van der Waals surface area contributed by atoms with Gasteiger partial charge in [0.15, 0.2) is 6.29 Å². The van der Waals surface area contributed by atoms with Crippen molar-refractivity contribution in [3.05, 3.63) is 0 Å². The Bertz CT molecular complexity index is 204. The van der Waals surface area contributed by atoms with Gasteiger partial charge in [-0.05, 0) is 31.6 Å². The van der Waals surface area contributed by atoms with Gasteiger partial charge in [0.05, 0.1) is 3.42 Å². The highest BCUT2D eigenvalue weighted by atomic mass is 127. The molecule has 15 heavy (non-hydrogen) atoms. The first-order valence-corrected chi connectivity index (χ1v) is 7.18. The SMILES string of the molecule is COC1OCCCC1(I)C1CCCCC1. The van der Waals surface area contributed by atoms with Gasteiger partial charge in [-0.3, -0.25) is 0 Å². The Balaban J connectivity index is 2.06. The number of hydrogen-bond acceptors (Lipinski definition) is 2. The number of methoxy groups -OCH3 is 1. The molecule has 2 rings (SSSR count). The Morgan fingerprint density at radius 3 is 2.60 bits per heavy atom. The normalized spacial score (nSPS) is 39.2. The molecule has 1 aliphatic carbocycles. The van der Waals surface area contributed by atoms with Crippen LogP contribution in [0.4, 0.5) is 0 Å². The fraction of sp³-hybridized carbons (Fsp3) is 1.00. The van der Waals surface area contributed by atoms with Crippen LogP contribution in [-0.2, 0) is 9.47 Å². The van der Waals surface area contributed by atoms with E-state index in [0.29, 0.717) is 0 Å². The molecule has 1 saturated heterocycles. The van der Waals surface area contributed by atoms with Crippen LogP contribution in [0.3, 0.4) is 0 Å². The first-order valence-electron chi connectivity index (χ1n) is 6.10. The fourth-order valence-corrected chi connectivity index (χ4v) is 4.47. The summed E-state index contributed by atoms with van der Waals surface area (Å²) in [4.78, 5) is 0. The highest BCUT2D eigenvalue weighted by Crippen LogP contribution is 2.47. The molecule has 2 unspecified atom stereocenters. The largest absolute Gasteiger partial charge is 0.354 e. The minimum Gasteiger partial charge on any atom is -0.354 e. The van der Waals surface area contributed by atoms with Crippen LogP contribution in [-0.4, -0.2) is 23.4 Å². The molecular formula is C12H21IO2. The van der Waals surface area contributed by atoms with Gasteiger partial charge < -0.3 is 9.47 Å². The number of alkyl halides is 1. The van der Waals surface area contributed by atoms with Gasteiger partial charge in [0.25, 0.3) is 0 Å². The van der Waals surface area contributed by atoms with E-state index < -0.39 is 0 Å². The Morgan fingerprint density at radius 2 is 1.93 bits per heavy atom. The molecule has 0 bridgehead atoms. The lowest BCUT2D eigenvalue weighted by molar-refractivity contribution is -0.172. The summed E-state index contributed by atoms with van der Waals surface area (Å²) in [6.07, 6.45) is 9.42. The maximum absolute atomic E-state index is 5.77. The molecule has 0 amide bonds. The third-order valence-corrected chi connectivity index (χ3v) is 5.79. The van der Waals surface area contributed by atoms with Gasteiger partial charge in [0.2, 0.25) is 0 Å². The van der Waals surface area contributed by atoms with E-state index in [4.69, 9.17) is 9.47 Å². The molecule has 3 heteroatoms. The van der Waals surface area contributed by atoms with Crippen molar-refractivity contribution in [2.24, 2.45) is 5.92 Å². The smallest absolute Gasteiger partial charge is 0.171 e. The van der Waals surface area contributed by atoms with E-state index in [0.717, 1.165) is 12.5 Å². The van der Waals surface area contributed by atoms with Crippen molar-refractivity contribution in [1.82, 2.24) is 0 Å². The van der Waals surface area contributed by atoms with Crippen molar-refractivity contribution >= 4 is 22.6 Å². The van der Waals surface area contributed by atoms with Crippen molar-refractivity contribution < 1.29 is 9.47 Å². The second kappa shape index (κ2) is 5.32. The van der Waals surface area contributed by atoms with E-state index in [2.05, 4.69) is 22.6 Å². The zero-order chi connectivity index (χ0) is 10.7. The van der Waals surface area contributed by atoms with Crippen LogP contribution in [0, 0.1) is 5.92 Å². The highest BCUT2D eigenvalue weighted by molar-refractivity contribution is 14.1. The predicted molar refractivity (Wildman–Crippen MR) is 69.3 cm³/mol. The molecule has 0 N–H and O–H groups in total. The molecule has 2 atom stereocenters. The lowest BCUT2D eigenvalue weighted by Gasteiger charge is -2.45. The number of rotatable bonds is 2. The summed E-state index contributed by atoms with van der Waals surface area (Å²) in [5.74, 6) is 0.803. The molecule has 1 aliphatic heterocycles. The molecule has 0 aromatic heterocycles. The fourth-order valence-electron chi connectivity index (χ4n) is 3.03. The Labute approximate surface area is 106 Å². The molecule has 2 aliphatic rings. The Kier molecular flexibility index (Phi) is 4.30. The molecular weight excluding hydrogens is 303 g/mol. The van der Waals surface area contributed by atoms with Crippen LogP contribution >= 0.6 is 22.6 Å². The van der Waals surface area contributed by atoms with Gasteiger partial charge in [-0.25, -0.2) is 0 Å². The summed E-state index contributed by atoms with van der Waals surface area (Å²) in [5.41, 5.74) is 0. The van der Waals surface area contributed by atoms with Crippen LogP contribution in [0.15, 0.2) is 0 Å². The minimum atomic E-state index is 0.0231. The number of halogens is 1. The molecule has 0 aromatic carbocycles. The molecule has 1 saturated carbocycles. The van der Waals surface area contributed by atoms with Crippen LogP contribution in [0.2, 0.25) is 0 Å². The van der Waals surface area contributed by atoms with E-state index in [1.807, 2.05) is 0 Å². The first kappa shape index (κ1) is 12.1. The number of hydrogen-bond donors (Lipinski definition) is 0. The topological polar surface area (TPSA) is 18.5 Å². The minimum absolute atomic E-state index is 0.0231. The Morgan fingerprint density at radius 1 is 1.20 bits per heavy atom. The second-order valence-electron chi connectivity index (χ2n) is 4.80. The highest BCUT2D eigenvalue weighted by Gasteiger charge is 2.46. The lowest BCUT2D eigenvalue weighted by Crippen LogP contribution is -2.49. The van der Waals surface area contributed by atoms with Gasteiger partial charge in [0, 0.05) is 13.7 Å². The van der Waals surface area contributed by atoms with Gasteiger partial charge in [0.1, 0.15) is 0 Å². The lowest BCUT2D eigenvalue weighted by atomic mass is 9.77. The standard InChI is InChI=1S/C12H21IO2/c1-14-11-12(13,8-5-9-15-11)10-6-3-2-4-7-10/h10-11H,2-9H2,1H3. The van der Waals surface area contributed by atoms with E-state index >= 15 is 0 Å². The molecule has 88 valence electrons. The number of ether oxygens (including phenoxy) is 2. The summed E-state index contributed by atoms with van der Waals surface area (Å²) < 4.78 is 11.5. The third kappa shape index (κ3) is 2.50. The third-order valence-electron chi connectivity index (χ3n) is 3.86. The summed E-state index contributed by atoms with van der Waals surface area (Å²) in [7, 11) is 1.78. The summed E-state index contributed by atoms with van der Waals surface area (Å²) in [5, 5.41) is 0. The molecule has 2 fully saturated rings. The van der Waals surface area contributed by atoms with Crippen LogP contribution in [0.1, 0.15) is 44.9 Å². The summed E-state index contributed by atoms with van der Waals surface area (Å²) in [6.45, 7) is 0.871. The average Bonchev–Trinajstić information content (AvgIpc) is 2.31. The molecule has 1 heterocycles. The van der Waals surface area contributed by atoms with Crippen molar-refractivity contribution in [2.75, 3.05) is 13.7 Å². The maximum Gasteiger partial charge on any atom is 0.171 e. The predicted octanol–water partition coefficient (Wildman–Crippen LogP) is 3.52. The van der Waals surface area contributed by atoms with E-state index in [9.17, 15) is 0 Å². The Hall–Kier alpha value is 0.650.